The van der Waals surface area contributed by atoms with Crippen molar-refractivity contribution in [3.63, 3.8) is 0 Å². The predicted molar refractivity (Wildman–Crippen MR) is 106 cm³/mol. The second kappa shape index (κ2) is 5.30. The Balaban J connectivity index is 1.53. The van der Waals surface area contributed by atoms with Crippen LogP contribution in [-0.4, -0.2) is 28.6 Å². The van der Waals surface area contributed by atoms with Gasteiger partial charge >= 0.3 is 5.97 Å². The summed E-state index contributed by atoms with van der Waals surface area (Å²) in [6, 6.07) is 2.55. The number of aliphatic hydroxyl groups excluding tert-OH is 1. The number of fused-ring (bicyclic) bond motifs is 7. The van der Waals surface area contributed by atoms with Gasteiger partial charge in [0.1, 0.15) is 5.60 Å². The standard InChI is InChI=1S/C24H30N2O4/c1-21-6-4-14(27)19-20(26)12(9-23(19,21)11-25)17-13-3-7-24(8-5-16(29)30-24)22(13,2)10-15(28)18(17)21/h12-13,15,17-18,28H,3-10,26H2,1-2H3/t12?,13?,15-,17?,18?,21?,22?,23+,24-/m1/s1. The quantitative estimate of drug-likeness (QED) is 0.594. The van der Waals surface area contributed by atoms with Gasteiger partial charge in [0.2, 0.25) is 0 Å². The Labute approximate surface area is 176 Å². The van der Waals surface area contributed by atoms with Gasteiger partial charge in [-0.25, -0.2) is 0 Å². The number of carbonyl (C=O) groups is 2. The molecule has 6 aliphatic rings. The van der Waals surface area contributed by atoms with E-state index in [1.807, 2.05) is 0 Å². The molecule has 0 radical (unpaired) electrons. The van der Waals surface area contributed by atoms with Crippen molar-refractivity contribution >= 4 is 11.8 Å². The maximum atomic E-state index is 12.9. The summed E-state index contributed by atoms with van der Waals surface area (Å²) >= 11 is 0. The molecule has 2 bridgehead atoms. The molecule has 1 heterocycles. The van der Waals surface area contributed by atoms with Crippen molar-refractivity contribution in [1.29, 1.82) is 5.26 Å². The highest BCUT2D eigenvalue weighted by molar-refractivity contribution is 6.00. The van der Waals surface area contributed by atoms with Gasteiger partial charge in [0, 0.05) is 35.4 Å². The Hall–Kier alpha value is -1.87. The minimum atomic E-state index is -0.872. The molecule has 6 heteroatoms. The van der Waals surface area contributed by atoms with E-state index in [9.17, 15) is 20.0 Å². The zero-order valence-corrected chi connectivity index (χ0v) is 17.7. The topological polar surface area (TPSA) is 113 Å². The number of aliphatic hydroxyl groups is 1. The van der Waals surface area contributed by atoms with Crippen molar-refractivity contribution in [3.05, 3.63) is 11.3 Å². The largest absolute Gasteiger partial charge is 0.458 e. The van der Waals surface area contributed by atoms with E-state index in [-0.39, 0.29) is 40.8 Å². The normalized spacial score (nSPS) is 56.0. The summed E-state index contributed by atoms with van der Waals surface area (Å²) in [6.45, 7) is 4.33. The van der Waals surface area contributed by atoms with Gasteiger partial charge in [-0.2, -0.15) is 5.26 Å². The third kappa shape index (κ3) is 1.71. The van der Waals surface area contributed by atoms with E-state index >= 15 is 0 Å². The molecule has 1 saturated heterocycles. The summed E-state index contributed by atoms with van der Waals surface area (Å²) < 4.78 is 5.99. The number of nitrogens with zero attached hydrogens (tertiary/aromatic N) is 1. The van der Waals surface area contributed by atoms with Gasteiger partial charge in [0.25, 0.3) is 0 Å². The Bertz CT molecular complexity index is 967. The Morgan fingerprint density at radius 2 is 1.90 bits per heavy atom. The summed E-state index contributed by atoms with van der Waals surface area (Å²) in [6.07, 6.45) is 4.57. The third-order valence-corrected chi connectivity index (χ3v) is 10.8. The first kappa shape index (κ1) is 18.9. The maximum absolute atomic E-state index is 12.9. The van der Waals surface area contributed by atoms with Crippen LogP contribution >= 0.6 is 0 Å². The highest BCUT2D eigenvalue weighted by Crippen LogP contribution is 2.76. The zero-order chi connectivity index (χ0) is 21.3. The lowest BCUT2D eigenvalue weighted by molar-refractivity contribution is -0.209. The van der Waals surface area contributed by atoms with Crippen LogP contribution in [0.25, 0.3) is 0 Å². The van der Waals surface area contributed by atoms with Crippen LogP contribution in [-0.2, 0) is 14.3 Å². The van der Waals surface area contributed by atoms with E-state index in [4.69, 9.17) is 10.5 Å². The molecule has 30 heavy (non-hydrogen) atoms. The van der Waals surface area contributed by atoms with Crippen LogP contribution in [0.4, 0.5) is 0 Å². The van der Waals surface area contributed by atoms with E-state index in [2.05, 4.69) is 19.9 Å². The molecule has 1 spiro atoms. The first-order valence-electron chi connectivity index (χ1n) is 11.5. The fraction of sp³-hybridized carbons (Fsp3) is 0.792. The highest BCUT2D eigenvalue weighted by atomic mass is 16.6. The minimum absolute atomic E-state index is 0.0255. The number of hydrogen-bond acceptors (Lipinski definition) is 6. The second-order valence-corrected chi connectivity index (χ2v) is 11.4. The van der Waals surface area contributed by atoms with Gasteiger partial charge in [0.15, 0.2) is 5.78 Å². The van der Waals surface area contributed by atoms with Crippen LogP contribution in [0.3, 0.4) is 0 Å². The lowest BCUT2D eigenvalue weighted by Gasteiger charge is -2.64. The first-order chi connectivity index (χ1) is 14.1. The molecule has 3 N–H and O–H groups in total. The number of rotatable bonds is 0. The molecule has 9 atom stereocenters. The van der Waals surface area contributed by atoms with Crippen molar-refractivity contribution in [1.82, 2.24) is 0 Å². The average molecular weight is 411 g/mol. The van der Waals surface area contributed by atoms with Crippen molar-refractivity contribution in [2.75, 3.05) is 0 Å². The molecule has 5 aliphatic carbocycles. The predicted octanol–water partition coefficient (Wildman–Crippen LogP) is 2.60. The van der Waals surface area contributed by atoms with Gasteiger partial charge in [-0.15, -0.1) is 0 Å². The molecule has 160 valence electrons. The zero-order valence-electron chi connectivity index (χ0n) is 17.7. The maximum Gasteiger partial charge on any atom is 0.306 e. The fourth-order valence-electron chi connectivity index (χ4n) is 9.56. The number of ketones is 1. The van der Waals surface area contributed by atoms with Crippen LogP contribution in [0.2, 0.25) is 0 Å². The molecular weight excluding hydrogens is 380 g/mol. The summed E-state index contributed by atoms with van der Waals surface area (Å²) in [5.74, 6) is 0.169. The van der Waals surface area contributed by atoms with Crippen LogP contribution in [0, 0.1) is 51.2 Å². The highest BCUT2D eigenvalue weighted by Gasteiger charge is 2.76. The van der Waals surface area contributed by atoms with Gasteiger partial charge in [-0.05, 0) is 61.7 Å². The van der Waals surface area contributed by atoms with E-state index in [0.717, 1.165) is 19.3 Å². The molecule has 0 aromatic rings. The average Bonchev–Trinajstić information content (AvgIpc) is 3.31. The van der Waals surface area contributed by atoms with Gasteiger partial charge in [-0.1, -0.05) is 13.8 Å². The van der Waals surface area contributed by atoms with Gasteiger partial charge in [-0.3, -0.25) is 9.59 Å². The van der Waals surface area contributed by atoms with E-state index in [1.54, 1.807) is 0 Å². The molecule has 4 saturated carbocycles. The third-order valence-electron chi connectivity index (χ3n) is 10.8. The van der Waals surface area contributed by atoms with Crippen molar-refractivity contribution in [3.8, 4) is 6.07 Å². The Kier molecular flexibility index (Phi) is 3.33. The van der Waals surface area contributed by atoms with Crippen molar-refractivity contribution in [2.24, 2.45) is 45.7 Å². The fourth-order valence-corrected chi connectivity index (χ4v) is 9.56. The molecule has 6 nitrogen and oxygen atoms in total. The van der Waals surface area contributed by atoms with Crippen LogP contribution in [0.15, 0.2) is 11.3 Å². The molecular formula is C24H30N2O4. The summed E-state index contributed by atoms with van der Waals surface area (Å²) in [5, 5.41) is 22.0. The Morgan fingerprint density at radius 3 is 2.57 bits per heavy atom. The summed E-state index contributed by atoms with van der Waals surface area (Å²) in [4.78, 5) is 25.0. The summed E-state index contributed by atoms with van der Waals surface area (Å²) in [7, 11) is 0. The molecule has 1 aliphatic heterocycles. The first-order valence-corrected chi connectivity index (χ1v) is 11.5. The number of nitriles is 1. The van der Waals surface area contributed by atoms with E-state index in [0.29, 0.717) is 43.4 Å². The molecule has 0 aromatic heterocycles. The number of Topliss-reactive ketones (excluding diaryl/α,β-unsaturated/α-hetero) is 1. The number of hydrogen-bond donors (Lipinski definition) is 2. The number of ether oxygens (including phenoxy) is 1. The van der Waals surface area contributed by atoms with Crippen LogP contribution in [0.1, 0.15) is 65.2 Å². The lowest BCUT2D eigenvalue weighted by Crippen LogP contribution is -2.64. The monoisotopic (exact) mass is 410 g/mol. The van der Waals surface area contributed by atoms with Gasteiger partial charge in [0.05, 0.1) is 17.6 Å². The van der Waals surface area contributed by atoms with Crippen LogP contribution < -0.4 is 5.73 Å². The lowest BCUT2D eigenvalue weighted by atomic mass is 9.39. The smallest absolute Gasteiger partial charge is 0.306 e. The van der Waals surface area contributed by atoms with E-state index in [1.165, 1.54) is 0 Å². The van der Waals surface area contributed by atoms with Crippen molar-refractivity contribution < 1.29 is 19.4 Å². The number of carbonyl (C=O) groups excluding carboxylic acids is 2. The molecule has 5 fully saturated rings. The van der Waals surface area contributed by atoms with Crippen molar-refractivity contribution in [2.45, 2.75) is 76.9 Å². The molecule has 0 aromatic carbocycles. The SMILES string of the molecule is CC12C[C@@H](O)C3C(C4C[C@]5(C#N)C(=C4N)C(=O)CCC35C)C1CC[C@@]21CCC(=O)O1. The minimum Gasteiger partial charge on any atom is -0.458 e. The summed E-state index contributed by atoms with van der Waals surface area (Å²) in [5.41, 5.74) is 5.72. The number of esters is 1. The second-order valence-electron chi connectivity index (χ2n) is 11.4. The molecule has 6 rings (SSSR count). The van der Waals surface area contributed by atoms with Gasteiger partial charge < -0.3 is 15.6 Å². The number of nitrogens with two attached hydrogens (primary N) is 1. The molecule has 0 amide bonds. The van der Waals surface area contributed by atoms with E-state index < -0.39 is 22.5 Å². The number of allylic oxidation sites excluding steroid dienone is 2. The van der Waals surface area contributed by atoms with Crippen LogP contribution in [0.5, 0.6) is 0 Å². The molecule has 6 unspecified atom stereocenters. The Morgan fingerprint density at radius 1 is 1.13 bits per heavy atom.